The van der Waals surface area contributed by atoms with Gasteiger partial charge in [-0.3, -0.25) is 4.79 Å². The highest BCUT2D eigenvalue weighted by Gasteiger charge is 2.54. The van der Waals surface area contributed by atoms with E-state index in [9.17, 15) is 61.0 Å². The molecule has 12 N–H and O–H groups in total. The lowest BCUT2D eigenvalue weighted by Gasteiger charge is -2.48. The monoisotopic (exact) mass is 1540 g/mol. The molecule has 3 rings (SSSR count). The first-order chi connectivity index (χ1) is 52.8. The molecule has 0 aliphatic carbocycles. The van der Waals surface area contributed by atoms with Gasteiger partial charge in [-0.1, -0.05) is 364 Å². The molecule has 1 amide bonds. The molecule has 3 fully saturated rings. The zero-order valence-corrected chi connectivity index (χ0v) is 68.3. The summed E-state index contributed by atoms with van der Waals surface area (Å²) in [6.45, 7) is 1.78. The van der Waals surface area contributed by atoms with Crippen molar-refractivity contribution in [2.24, 2.45) is 0 Å². The Balaban J connectivity index is 1.29. The molecule has 3 aliphatic heterocycles. The Kier molecular flexibility index (Phi) is 63.9. The summed E-state index contributed by atoms with van der Waals surface area (Å²) in [6, 6.07) is -0.973. The number of carbonyl (C=O) groups is 1. The fourth-order valence-electron chi connectivity index (χ4n) is 15.2. The second-order valence-corrected chi connectivity index (χ2v) is 32.1. The lowest BCUT2D eigenvalue weighted by atomic mass is 9.96. The minimum absolute atomic E-state index is 0.248. The summed E-state index contributed by atoms with van der Waals surface area (Å²) in [7, 11) is 0. The SMILES string of the molecule is CCCCCCC/C=C\C/C=C\C/C=C\CCCCCCCCCCCCCCCCCCCCCCCCCCCCC(=O)NC(COC1OC(CO)C(OC2OC(CO)C(OC3OC(CO)C(O)C(O)C3O)C(O)C2O)C(O)C1O)C(O)/C=C/CCCCCCCCCCCCCCCCCCCCCC. The molecule has 0 saturated carbocycles. The Hall–Kier alpha value is -2.25. The van der Waals surface area contributed by atoms with E-state index in [-0.39, 0.29) is 18.9 Å². The third kappa shape index (κ3) is 47.6. The minimum atomic E-state index is -1.98. The van der Waals surface area contributed by atoms with Crippen molar-refractivity contribution in [3.05, 3.63) is 48.6 Å². The van der Waals surface area contributed by atoms with Crippen molar-refractivity contribution >= 4 is 5.91 Å². The maximum absolute atomic E-state index is 13.5. The molecule has 3 saturated heterocycles. The van der Waals surface area contributed by atoms with Crippen LogP contribution in [0, 0.1) is 0 Å². The van der Waals surface area contributed by atoms with Crippen LogP contribution in [0.25, 0.3) is 0 Å². The highest BCUT2D eigenvalue weighted by molar-refractivity contribution is 5.76. The van der Waals surface area contributed by atoms with Crippen LogP contribution >= 0.6 is 0 Å². The molecule has 3 aliphatic rings. The molecule has 0 radical (unpaired) electrons. The second-order valence-electron chi connectivity index (χ2n) is 32.1. The Labute approximate surface area is 656 Å². The number of ether oxygens (including phenoxy) is 6. The molecule has 634 valence electrons. The molecule has 0 aromatic carbocycles. The van der Waals surface area contributed by atoms with E-state index in [2.05, 4.69) is 55.6 Å². The van der Waals surface area contributed by atoms with Crippen molar-refractivity contribution in [1.29, 1.82) is 0 Å². The van der Waals surface area contributed by atoms with Gasteiger partial charge >= 0.3 is 0 Å². The van der Waals surface area contributed by atoms with E-state index >= 15 is 0 Å². The second kappa shape index (κ2) is 69.1. The Morgan fingerprint density at radius 1 is 0.333 bits per heavy atom. The van der Waals surface area contributed by atoms with E-state index in [0.29, 0.717) is 6.42 Å². The van der Waals surface area contributed by atoms with Gasteiger partial charge in [0.25, 0.3) is 0 Å². The van der Waals surface area contributed by atoms with Gasteiger partial charge in [-0.2, -0.15) is 0 Å². The third-order valence-corrected chi connectivity index (χ3v) is 22.4. The Bertz CT molecular complexity index is 2130. The smallest absolute Gasteiger partial charge is 0.220 e. The molecule has 0 bridgehead atoms. The maximum atomic E-state index is 13.5. The molecule has 17 atom stereocenters. The van der Waals surface area contributed by atoms with Crippen LogP contribution in [0.3, 0.4) is 0 Å². The van der Waals surface area contributed by atoms with Gasteiger partial charge in [0.15, 0.2) is 18.9 Å². The van der Waals surface area contributed by atoms with E-state index in [1.807, 2.05) is 6.08 Å². The van der Waals surface area contributed by atoms with Crippen LogP contribution in [0.1, 0.15) is 380 Å². The van der Waals surface area contributed by atoms with Gasteiger partial charge in [0.05, 0.1) is 38.6 Å². The van der Waals surface area contributed by atoms with Crippen LogP contribution in [-0.4, -0.2) is 193 Å². The molecular weight excluding hydrogens is 1370 g/mol. The number of rotatable bonds is 73. The fourth-order valence-corrected chi connectivity index (χ4v) is 15.2. The molecule has 17 unspecified atom stereocenters. The van der Waals surface area contributed by atoms with Crippen LogP contribution in [-0.2, 0) is 33.2 Å². The lowest BCUT2D eigenvalue weighted by molar-refractivity contribution is -0.379. The Morgan fingerprint density at radius 2 is 0.611 bits per heavy atom. The zero-order chi connectivity index (χ0) is 78.1. The van der Waals surface area contributed by atoms with E-state index in [4.69, 9.17) is 28.4 Å². The van der Waals surface area contributed by atoms with Crippen molar-refractivity contribution in [3.8, 4) is 0 Å². The molecular formula is C89H165NO18. The first-order valence-corrected chi connectivity index (χ1v) is 44.9. The number of nitrogens with one attached hydrogen (secondary N) is 1. The largest absolute Gasteiger partial charge is 0.394 e. The number of aliphatic hydroxyl groups excluding tert-OH is 11. The van der Waals surface area contributed by atoms with E-state index in [1.165, 1.54) is 295 Å². The number of allylic oxidation sites excluding steroid dienone is 7. The summed E-state index contributed by atoms with van der Waals surface area (Å²) in [6.07, 6.45) is 62.7. The number of hydrogen-bond donors (Lipinski definition) is 12. The fraction of sp³-hybridized carbons (Fsp3) is 0.899. The van der Waals surface area contributed by atoms with Crippen LogP contribution in [0.2, 0.25) is 0 Å². The molecule has 108 heavy (non-hydrogen) atoms. The normalized spacial score (nSPS) is 25.6. The van der Waals surface area contributed by atoms with Gasteiger partial charge in [0.2, 0.25) is 5.91 Å². The molecule has 0 spiro atoms. The summed E-state index contributed by atoms with van der Waals surface area (Å²) in [5.41, 5.74) is 0. The van der Waals surface area contributed by atoms with E-state index in [1.54, 1.807) is 6.08 Å². The lowest BCUT2D eigenvalue weighted by Crippen LogP contribution is -2.66. The predicted octanol–water partition coefficient (Wildman–Crippen LogP) is 16.8. The van der Waals surface area contributed by atoms with E-state index < -0.39 is 124 Å². The Morgan fingerprint density at radius 3 is 0.954 bits per heavy atom. The summed E-state index contributed by atoms with van der Waals surface area (Å²) in [5.74, 6) is -0.268. The van der Waals surface area contributed by atoms with Crippen molar-refractivity contribution in [2.75, 3.05) is 26.4 Å². The maximum Gasteiger partial charge on any atom is 0.220 e. The van der Waals surface area contributed by atoms with E-state index in [0.717, 1.165) is 57.8 Å². The summed E-state index contributed by atoms with van der Waals surface area (Å²) in [5, 5.41) is 121. The highest BCUT2D eigenvalue weighted by atomic mass is 16.8. The zero-order valence-electron chi connectivity index (χ0n) is 68.3. The van der Waals surface area contributed by atoms with Crippen molar-refractivity contribution in [2.45, 2.75) is 484 Å². The average molecular weight is 1540 g/mol. The summed E-state index contributed by atoms with van der Waals surface area (Å²) >= 11 is 0. The highest BCUT2D eigenvalue weighted by Crippen LogP contribution is 2.34. The van der Waals surface area contributed by atoms with Crippen LogP contribution < -0.4 is 5.32 Å². The predicted molar refractivity (Wildman–Crippen MR) is 434 cm³/mol. The molecule has 19 heteroatoms. The van der Waals surface area contributed by atoms with Gasteiger partial charge in [-0.05, 0) is 57.8 Å². The number of amides is 1. The number of unbranched alkanes of at least 4 members (excludes halogenated alkanes) is 51. The first kappa shape index (κ1) is 99.9. The van der Waals surface area contributed by atoms with Crippen molar-refractivity contribution in [1.82, 2.24) is 5.32 Å². The number of aliphatic hydroxyl groups is 11. The minimum Gasteiger partial charge on any atom is -0.394 e. The molecule has 3 heterocycles. The molecule has 0 aromatic rings. The van der Waals surface area contributed by atoms with Gasteiger partial charge in [0, 0.05) is 6.42 Å². The molecule has 19 nitrogen and oxygen atoms in total. The average Bonchev–Trinajstić information content (AvgIpc) is 0.787. The van der Waals surface area contributed by atoms with Crippen LogP contribution in [0.4, 0.5) is 0 Å². The van der Waals surface area contributed by atoms with Crippen LogP contribution in [0.5, 0.6) is 0 Å². The quantitative estimate of drug-likeness (QED) is 0.0199. The van der Waals surface area contributed by atoms with Crippen molar-refractivity contribution in [3.63, 3.8) is 0 Å². The topological polar surface area (TPSA) is 307 Å². The molecule has 0 aromatic heterocycles. The number of carbonyl (C=O) groups excluding carboxylic acids is 1. The van der Waals surface area contributed by atoms with Crippen molar-refractivity contribution < 1.29 is 89.4 Å². The van der Waals surface area contributed by atoms with Crippen LogP contribution in [0.15, 0.2) is 48.6 Å². The first-order valence-electron chi connectivity index (χ1n) is 44.9. The summed E-state index contributed by atoms with van der Waals surface area (Å²) < 4.78 is 34.5. The van der Waals surface area contributed by atoms with Gasteiger partial charge < -0.3 is 89.9 Å². The third-order valence-electron chi connectivity index (χ3n) is 22.4. The summed E-state index contributed by atoms with van der Waals surface area (Å²) in [4.78, 5) is 13.5. The van der Waals surface area contributed by atoms with Gasteiger partial charge in [0.1, 0.15) is 73.2 Å². The van der Waals surface area contributed by atoms with Gasteiger partial charge in [-0.25, -0.2) is 0 Å². The van der Waals surface area contributed by atoms with Gasteiger partial charge in [-0.15, -0.1) is 0 Å². The standard InChI is InChI=1S/C89H165NO18/c1-3-5-7-9-11-13-15-17-19-21-23-25-27-28-29-30-31-32-33-34-35-36-37-38-39-40-41-42-43-44-45-47-49-51-53-55-57-59-61-63-65-67-77(95)90-72(73(94)66-64-62-60-58-56-54-52-50-48-46-26-24-22-20-18-16-14-12-10-8-6-4-2)71-103-87-83(101)80(98)85(75(69-92)105-87)108-89-84(102)81(99)86(76(70-93)106-89)107-88-82(100)79(97)78(96)74(68-91)104-88/h15,17,21,23,27-28,64,66,72-76,78-89,91-94,96-102H,3-14,16,18-20,22,24-26,29-63,65,67-71H2,1-2H3,(H,90,95)/b17-15-,23-21-,28-27-,66-64+. The number of hydrogen-bond acceptors (Lipinski definition) is 18.